The number of rotatable bonds is 6. The molecule has 180 valence electrons. The van der Waals surface area contributed by atoms with Crippen molar-refractivity contribution in [3.63, 3.8) is 0 Å². The lowest BCUT2D eigenvalue weighted by molar-refractivity contribution is 0.0922. The highest BCUT2D eigenvalue weighted by Gasteiger charge is 2.37. The van der Waals surface area contributed by atoms with Gasteiger partial charge in [0.1, 0.15) is 0 Å². The number of ketones is 2. The molecule has 0 aliphatic carbocycles. The molecule has 0 radical (unpaired) electrons. The Kier molecular flexibility index (Phi) is 6.03. The second kappa shape index (κ2) is 9.47. The summed E-state index contributed by atoms with van der Waals surface area (Å²) in [6.45, 7) is 1.46. The quantitative estimate of drug-likeness (QED) is 0.298. The summed E-state index contributed by atoms with van der Waals surface area (Å²) >= 11 is 0. The maximum atomic E-state index is 13.2. The normalized spacial score (nSPS) is 12.3. The molecule has 37 heavy (non-hydrogen) atoms. The van der Waals surface area contributed by atoms with E-state index in [0.29, 0.717) is 22.4 Å². The average molecular weight is 488 g/mol. The van der Waals surface area contributed by atoms with Crippen molar-refractivity contribution in [3.8, 4) is 0 Å². The number of fused-ring (bicyclic) bond motifs is 1. The molecule has 7 heteroatoms. The highest BCUT2D eigenvalue weighted by molar-refractivity contribution is 6.35. The monoisotopic (exact) mass is 488 g/mol. The van der Waals surface area contributed by atoms with Crippen LogP contribution < -0.4 is 10.2 Å². The van der Waals surface area contributed by atoms with Crippen LogP contribution in [0, 0.1) is 0 Å². The molecule has 7 nitrogen and oxygen atoms in total. The maximum Gasteiger partial charge on any atom is 0.266 e. The summed E-state index contributed by atoms with van der Waals surface area (Å²) in [5.41, 5.74) is 2.59. The second-order valence-corrected chi connectivity index (χ2v) is 8.54. The third kappa shape index (κ3) is 4.46. The van der Waals surface area contributed by atoms with Gasteiger partial charge in [0, 0.05) is 27.9 Å². The molecule has 1 heterocycles. The van der Waals surface area contributed by atoms with Gasteiger partial charge in [-0.3, -0.25) is 24.0 Å². The Hall–Kier alpha value is -5.17. The van der Waals surface area contributed by atoms with E-state index in [4.69, 9.17) is 0 Å². The van der Waals surface area contributed by atoms with Crippen molar-refractivity contribution < 1.29 is 24.0 Å². The topological polar surface area (TPSA) is 101 Å². The molecule has 1 aliphatic rings. The smallest absolute Gasteiger partial charge is 0.266 e. The largest absolute Gasteiger partial charge is 0.322 e. The minimum Gasteiger partial charge on any atom is -0.322 e. The van der Waals surface area contributed by atoms with E-state index in [2.05, 4.69) is 5.32 Å². The number of amides is 3. The van der Waals surface area contributed by atoms with Gasteiger partial charge in [-0.2, -0.15) is 0 Å². The van der Waals surface area contributed by atoms with Gasteiger partial charge in [0.25, 0.3) is 17.7 Å². The number of carbonyl (C=O) groups excluding carboxylic acids is 5. The molecular formula is C30H20N2O5. The molecule has 4 aromatic rings. The van der Waals surface area contributed by atoms with E-state index in [-0.39, 0.29) is 33.9 Å². The minimum atomic E-state index is -0.579. The van der Waals surface area contributed by atoms with Crippen LogP contribution in [0.1, 0.15) is 64.3 Å². The zero-order valence-corrected chi connectivity index (χ0v) is 19.7. The van der Waals surface area contributed by atoms with Gasteiger partial charge >= 0.3 is 0 Å². The Morgan fingerprint density at radius 3 is 1.97 bits per heavy atom. The van der Waals surface area contributed by atoms with Gasteiger partial charge in [0.2, 0.25) is 0 Å². The van der Waals surface area contributed by atoms with Crippen LogP contribution in [0.15, 0.2) is 97.1 Å². The lowest BCUT2D eigenvalue weighted by atomic mass is 10.0. The van der Waals surface area contributed by atoms with Crippen molar-refractivity contribution in [2.24, 2.45) is 0 Å². The number of hydrogen-bond donors (Lipinski definition) is 1. The molecular weight excluding hydrogens is 468 g/mol. The Labute approximate surface area is 212 Å². The van der Waals surface area contributed by atoms with Crippen LogP contribution in [-0.4, -0.2) is 29.3 Å². The number of benzene rings is 4. The first-order valence-corrected chi connectivity index (χ1v) is 11.5. The van der Waals surface area contributed by atoms with Crippen LogP contribution in [-0.2, 0) is 0 Å². The molecule has 0 saturated carbocycles. The average Bonchev–Trinajstić information content (AvgIpc) is 3.18. The van der Waals surface area contributed by atoms with Gasteiger partial charge in [-0.05, 0) is 61.5 Å². The predicted octanol–water partition coefficient (Wildman–Crippen LogP) is 5.17. The van der Waals surface area contributed by atoms with Crippen molar-refractivity contribution in [1.29, 1.82) is 0 Å². The van der Waals surface area contributed by atoms with Gasteiger partial charge < -0.3 is 5.32 Å². The van der Waals surface area contributed by atoms with Crippen LogP contribution in [0.5, 0.6) is 0 Å². The molecule has 0 unspecified atom stereocenters. The van der Waals surface area contributed by atoms with Gasteiger partial charge in [-0.1, -0.05) is 42.5 Å². The summed E-state index contributed by atoms with van der Waals surface area (Å²) in [5, 5.41) is 2.72. The standard InChI is InChI=1S/C30H20N2O5/c1-18(33)19-10-13-23(14-11-19)31-28(35)22-12-15-25-26(17-22)30(37)32(29(25)36)24-9-5-8-21(16-24)27(34)20-6-3-2-4-7-20/h2-17H,1H3,(H,31,35). The summed E-state index contributed by atoms with van der Waals surface area (Å²) in [6, 6.07) is 25.8. The molecule has 0 spiro atoms. The molecule has 1 N–H and O–H groups in total. The number of Topliss-reactive ketones (excluding diaryl/α,β-unsaturated/α-hetero) is 1. The fourth-order valence-electron chi connectivity index (χ4n) is 4.15. The number of hydrogen-bond acceptors (Lipinski definition) is 5. The van der Waals surface area contributed by atoms with E-state index in [9.17, 15) is 24.0 Å². The number of anilines is 2. The Morgan fingerprint density at radius 1 is 0.622 bits per heavy atom. The predicted molar refractivity (Wildman–Crippen MR) is 138 cm³/mol. The molecule has 1 aliphatic heterocycles. The number of carbonyl (C=O) groups is 5. The number of nitrogens with zero attached hydrogens (tertiary/aromatic N) is 1. The SMILES string of the molecule is CC(=O)c1ccc(NC(=O)c2ccc3c(c2)C(=O)N(c2cccc(C(=O)c4ccccc4)c2)C3=O)cc1. The summed E-state index contributed by atoms with van der Waals surface area (Å²) < 4.78 is 0. The molecule has 4 aromatic carbocycles. The first-order valence-electron chi connectivity index (χ1n) is 11.5. The van der Waals surface area contributed by atoms with E-state index in [1.54, 1.807) is 66.7 Å². The molecule has 0 fully saturated rings. The van der Waals surface area contributed by atoms with Crippen LogP contribution in [0.4, 0.5) is 11.4 Å². The third-order valence-electron chi connectivity index (χ3n) is 6.10. The maximum absolute atomic E-state index is 13.2. The van der Waals surface area contributed by atoms with Crippen LogP contribution in [0.25, 0.3) is 0 Å². The highest BCUT2D eigenvalue weighted by Crippen LogP contribution is 2.30. The highest BCUT2D eigenvalue weighted by atomic mass is 16.2. The van der Waals surface area contributed by atoms with Gasteiger partial charge in [-0.25, -0.2) is 4.90 Å². The van der Waals surface area contributed by atoms with Crippen molar-refractivity contribution in [2.45, 2.75) is 6.92 Å². The summed E-state index contributed by atoms with van der Waals surface area (Å²) in [5.74, 6) is -1.89. The molecule has 0 saturated heterocycles. The molecule has 0 bridgehead atoms. The fraction of sp³-hybridized carbons (Fsp3) is 0.0333. The fourth-order valence-corrected chi connectivity index (χ4v) is 4.15. The number of imide groups is 1. The zero-order valence-electron chi connectivity index (χ0n) is 19.7. The van der Waals surface area contributed by atoms with E-state index in [1.807, 2.05) is 6.07 Å². The first-order chi connectivity index (χ1) is 17.8. The minimum absolute atomic E-state index is 0.0841. The Balaban J connectivity index is 1.39. The van der Waals surface area contributed by atoms with Crippen molar-refractivity contribution in [3.05, 3.63) is 130 Å². The Morgan fingerprint density at radius 2 is 1.27 bits per heavy atom. The first kappa shape index (κ1) is 23.6. The van der Waals surface area contributed by atoms with E-state index in [1.165, 1.54) is 31.2 Å². The van der Waals surface area contributed by atoms with E-state index < -0.39 is 17.7 Å². The zero-order chi connectivity index (χ0) is 26.1. The number of nitrogens with one attached hydrogen (secondary N) is 1. The molecule has 5 rings (SSSR count). The summed E-state index contributed by atoms with van der Waals surface area (Å²) in [6.07, 6.45) is 0. The molecule has 0 atom stereocenters. The van der Waals surface area contributed by atoms with Crippen LogP contribution >= 0.6 is 0 Å². The lowest BCUT2D eigenvalue weighted by Crippen LogP contribution is -2.29. The third-order valence-corrected chi connectivity index (χ3v) is 6.10. The van der Waals surface area contributed by atoms with E-state index >= 15 is 0 Å². The second-order valence-electron chi connectivity index (χ2n) is 8.54. The van der Waals surface area contributed by atoms with Crippen LogP contribution in [0.2, 0.25) is 0 Å². The van der Waals surface area contributed by atoms with Gasteiger partial charge in [0.05, 0.1) is 16.8 Å². The Bertz CT molecular complexity index is 1590. The van der Waals surface area contributed by atoms with Gasteiger partial charge in [-0.15, -0.1) is 0 Å². The summed E-state index contributed by atoms with van der Waals surface area (Å²) in [7, 11) is 0. The van der Waals surface area contributed by atoms with Crippen molar-refractivity contribution >= 4 is 40.7 Å². The molecule has 0 aromatic heterocycles. The van der Waals surface area contributed by atoms with Crippen molar-refractivity contribution in [1.82, 2.24) is 0 Å². The van der Waals surface area contributed by atoms with Crippen molar-refractivity contribution in [2.75, 3.05) is 10.2 Å². The summed E-state index contributed by atoms with van der Waals surface area (Å²) in [4.78, 5) is 64.5. The van der Waals surface area contributed by atoms with Crippen LogP contribution in [0.3, 0.4) is 0 Å². The lowest BCUT2D eigenvalue weighted by Gasteiger charge is -2.14. The molecule has 3 amide bonds. The van der Waals surface area contributed by atoms with E-state index in [0.717, 1.165) is 4.90 Å². The van der Waals surface area contributed by atoms with Gasteiger partial charge in [0.15, 0.2) is 11.6 Å².